The minimum Gasteiger partial charge on any atom is -0.346 e. The second kappa shape index (κ2) is 9.02. The first-order valence-electron chi connectivity index (χ1n) is 8.13. The molecule has 11 heteroatoms. The van der Waals surface area contributed by atoms with Crippen LogP contribution in [0, 0.1) is 6.92 Å². The molecule has 0 aliphatic heterocycles. The molecule has 0 aliphatic rings. The van der Waals surface area contributed by atoms with Gasteiger partial charge in [-0.3, -0.25) is 14.9 Å². The second-order valence-corrected chi connectivity index (χ2v) is 8.84. The molecule has 0 saturated carbocycles. The third kappa shape index (κ3) is 6.38. The molecule has 2 aromatic rings. The van der Waals surface area contributed by atoms with E-state index in [1.165, 1.54) is 23.5 Å². The number of amides is 2. The Morgan fingerprint density at radius 2 is 1.74 bits per heavy atom. The Morgan fingerprint density at radius 3 is 2.33 bits per heavy atom. The van der Waals surface area contributed by atoms with Gasteiger partial charge in [-0.2, -0.15) is 0 Å². The topological polar surface area (TPSA) is 130 Å². The fourth-order valence-corrected chi connectivity index (χ4v) is 3.63. The number of hydrogen-bond donors (Lipinski definition) is 3. The lowest BCUT2D eigenvalue weighted by Crippen LogP contribution is -2.40. The molecule has 0 fully saturated rings. The van der Waals surface area contributed by atoms with E-state index in [2.05, 4.69) is 25.6 Å². The highest BCUT2D eigenvalue weighted by molar-refractivity contribution is 7.89. The van der Waals surface area contributed by atoms with Gasteiger partial charge in [0.25, 0.3) is 0 Å². The number of nitrogens with one attached hydrogen (secondary N) is 3. The van der Waals surface area contributed by atoms with Crippen LogP contribution in [-0.2, 0) is 19.6 Å². The van der Waals surface area contributed by atoms with E-state index in [0.29, 0.717) is 5.13 Å². The number of anilines is 1. The van der Waals surface area contributed by atoms with Crippen LogP contribution in [0.25, 0.3) is 0 Å². The smallest absolute Gasteiger partial charge is 0.245 e. The molecule has 2 amide bonds. The Bertz CT molecular complexity index is 907. The summed E-state index contributed by atoms with van der Waals surface area (Å²) in [7, 11) is -3.79. The highest BCUT2D eigenvalue weighted by Crippen LogP contribution is 2.22. The fraction of sp³-hybridized carbons (Fsp3) is 0.375. The summed E-state index contributed by atoms with van der Waals surface area (Å²) >= 11 is 1.26. The van der Waals surface area contributed by atoms with Crippen molar-refractivity contribution in [2.75, 3.05) is 18.4 Å². The average Bonchev–Trinajstić information content (AvgIpc) is 3.07. The lowest BCUT2D eigenvalue weighted by Gasteiger charge is -2.08. The van der Waals surface area contributed by atoms with Crippen LogP contribution in [0.2, 0.25) is 0 Å². The zero-order valence-corrected chi connectivity index (χ0v) is 16.8. The number of benzene rings is 1. The second-order valence-electron chi connectivity index (χ2n) is 6.06. The Morgan fingerprint density at radius 1 is 1.07 bits per heavy atom. The van der Waals surface area contributed by atoms with Gasteiger partial charge in [-0.15, -0.1) is 10.2 Å². The highest BCUT2D eigenvalue weighted by atomic mass is 32.2. The summed E-state index contributed by atoms with van der Waals surface area (Å²) in [5.41, 5.74) is 0.925. The van der Waals surface area contributed by atoms with E-state index >= 15 is 0 Å². The normalized spacial score (nSPS) is 11.4. The molecule has 2 rings (SSSR count). The Balaban J connectivity index is 1.78. The van der Waals surface area contributed by atoms with E-state index in [0.717, 1.165) is 10.6 Å². The van der Waals surface area contributed by atoms with Crippen LogP contribution in [0.1, 0.15) is 30.3 Å². The maximum absolute atomic E-state index is 12.1. The summed E-state index contributed by atoms with van der Waals surface area (Å²) in [5, 5.41) is 13.8. The largest absolute Gasteiger partial charge is 0.346 e. The van der Waals surface area contributed by atoms with Crippen molar-refractivity contribution in [1.82, 2.24) is 20.2 Å². The van der Waals surface area contributed by atoms with Crippen molar-refractivity contribution in [2.45, 2.75) is 31.6 Å². The number of carbonyl (C=O) groups is 2. The summed E-state index contributed by atoms with van der Waals surface area (Å²) in [6.45, 7) is 4.99. The number of hydrogen-bond acceptors (Lipinski definition) is 7. The van der Waals surface area contributed by atoms with Gasteiger partial charge in [-0.05, 0) is 19.1 Å². The summed E-state index contributed by atoms with van der Waals surface area (Å²) in [4.78, 5) is 23.7. The zero-order valence-electron chi connectivity index (χ0n) is 15.1. The van der Waals surface area contributed by atoms with Crippen LogP contribution in [-0.4, -0.2) is 43.5 Å². The first-order chi connectivity index (χ1) is 12.7. The Kier molecular flexibility index (Phi) is 6.99. The number of carbonyl (C=O) groups excluding carboxylic acids is 2. The molecule has 146 valence electrons. The van der Waals surface area contributed by atoms with Crippen LogP contribution in [0.4, 0.5) is 5.13 Å². The minimum absolute atomic E-state index is 0.0656. The molecule has 0 bridgehead atoms. The van der Waals surface area contributed by atoms with Gasteiger partial charge >= 0.3 is 0 Å². The van der Waals surface area contributed by atoms with Gasteiger partial charge in [0.05, 0.1) is 18.0 Å². The maximum Gasteiger partial charge on any atom is 0.245 e. The quantitative estimate of drug-likeness (QED) is 0.594. The Hall–Kier alpha value is -2.37. The monoisotopic (exact) mass is 411 g/mol. The molecule has 0 spiro atoms. The van der Waals surface area contributed by atoms with Gasteiger partial charge in [0.1, 0.15) is 5.01 Å². The molecule has 9 nitrogen and oxygen atoms in total. The Labute approximate surface area is 161 Å². The molecule has 1 heterocycles. The summed E-state index contributed by atoms with van der Waals surface area (Å²) in [6, 6.07) is 6.24. The third-order valence-electron chi connectivity index (χ3n) is 3.38. The van der Waals surface area contributed by atoms with Crippen molar-refractivity contribution in [1.29, 1.82) is 0 Å². The molecule has 1 aromatic heterocycles. The van der Waals surface area contributed by atoms with Gasteiger partial charge in [0.2, 0.25) is 27.0 Å². The van der Waals surface area contributed by atoms with E-state index < -0.39 is 28.4 Å². The van der Waals surface area contributed by atoms with Crippen molar-refractivity contribution in [3.05, 3.63) is 34.8 Å². The van der Waals surface area contributed by atoms with E-state index in [-0.39, 0.29) is 17.4 Å². The van der Waals surface area contributed by atoms with Gasteiger partial charge in [-0.1, -0.05) is 42.9 Å². The predicted molar refractivity (Wildman–Crippen MR) is 102 cm³/mol. The first kappa shape index (κ1) is 20.9. The standard InChI is InChI=1S/C16H21N5O4S2/c1-10(2)15-20-21-16(26-15)19-14(23)8-17-13(22)9-18-27(24,25)12-6-4-11(3)5-7-12/h4-7,10,18H,8-9H2,1-3H3,(H,17,22)(H,19,21,23). The molecule has 1 aromatic carbocycles. The maximum atomic E-state index is 12.1. The molecular weight excluding hydrogens is 390 g/mol. The van der Waals surface area contributed by atoms with Crippen molar-refractivity contribution in [3.8, 4) is 0 Å². The fourth-order valence-electron chi connectivity index (χ4n) is 1.88. The molecule has 0 unspecified atom stereocenters. The van der Waals surface area contributed by atoms with Crippen LogP contribution >= 0.6 is 11.3 Å². The molecule has 0 atom stereocenters. The lowest BCUT2D eigenvalue weighted by atomic mass is 10.2. The average molecular weight is 412 g/mol. The SMILES string of the molecule is Cc1ccc(S(=O)(=O)NCC(=O)NCC(=O)Nc2nnc(C(C)C)s2)cc1. The lowest BCUT2D eigenvalue weighted by molar-refractivity contribution is -0.123. The zero-order chi connectivity index (χ0) is 20.0. The van der Waals surface area contributed by atoms with Crippen LogP contribution in [0.3, 0.4) is 0 Å². The first-order valence-corrected chi connectivity index (χ1v) is 10.4. The number of nitrogens with zero attached hydrogens (tertiary/aromatic N) is 2. The predicted octanol–water partition coefficient (Wildman–Crippen LogP) is 1.00. The van der Waals surface area contributed by atoms with Crippen molar-refractivity contribution in [3.63, 3.8) is 0 Å². The van der Waals surface area contributed by atoms with Crippen LogP contribution in [0.15, 0.2) is 29.2 Å². The van der Waals surface area contributed by atoms with E-state index in [1.807, 2.05) is 20.8 Å². The van der Waals surface area contributed by atoms with E-state index in [1.54, 1.807) is 12.1 Å². The third-order valence-corrected chi connectivity index (χ3v) is 5.94. The summed E-state index contributed by atoms with van der Waals surface area (Å²) < 4.78 is 26.4. The molecule has 0 radical (unpaired) electrons. The number of rotatable bonds is 8. The van der Waals surface area contributed by atoms with Crippen molar-refractivity contribution >= 4 is 38.3 Å². The molecule has 3 N–H and O–H groups in total. The van der Waals surface area contributed by atoms with Gasteiger partial charge in [0.15, 0.2) is 0 Å². The van der Waals surface area contributed by atoms with Gasteiger partial charge in [0, 0.05) is 5.92 Å². The van der Waals surface area contributed by atoms with E-state index in [4.69, 9.17) is 0 Å². The molecule has 0 aliphatic carbocycles. The number of sulfonamides is 1. The molecule has 27 heavy (non-hydrogen) atoms. The summed E-state index contributed by atoms with van der Waals surface area (Å²) in [5.74, 6) is -0.897. The highest BCUT2D eigenvalue weighted by Gasteiger charge is 2.16. The molecule has 0 saturated heterocycles. The van der Waals surface area contributed by atoms with Crippen molar-refractivity contribution in [2.24, 2.45) is 0 Å². The van der Waals surface area contributed by atoms with Gasteiger partial charge in [-0.25, -0.2) is 13.1 Å². The van der Waals surface area contributed by atoms with Crippen LogP contribution in [0.5, 0.6) is 0 Å². The number of aromatic nitrogens is 2. The van der Waals surface area contributed by atoms with Crippen molar-refractivity contribution < 1.29 is 18.0 Å². The minimum atomic E-state index is -3.79. The molecular formula is C16H21N5O4S2. The van der Waals surface area contributed by atoms with E-state index in [9.17, 15) is 18.0 Å². The van der Waals surface area contributed by atoms with Gasteiger partial charge < -0.3 is 5.32 Å². The van der Waals surface area contributed by atoms with Crippen LogP contribution < -0.4 is 15.4 Å². The summed E-state index contributed by atoms with van der Waals surface area (Å²) in [6.07, 6.45) is 0. The number of aryl methyl sites for hydroxylation is 1.